The van der Waals surface area contributed by atoms with Gasteiger partial charge >= 0.3 is 11.9 Å². The van der Waals surface area contributed by atoms with Crippen LogP contribution in [-0.4, -0.2) is 59.3 Å². The molecule has 0 aliphatic heterocycles. The van der Waals surface area contributed by atoms with Gasteiger partial charge in [0.25, 0.3) is 0 Å². The van der Waals surface area contributed by atoms with Crippen molar-refractivity contribution in [2.75, 3.05) is 14.1 Å². The summed E-state index contributed by atoms with van der Waals surface area (Å²) in [5.74, 6) is -0.802. The Kier molecular flexibility index (Phi) is 10.8. The maximum atomic E-state index is 10.7. The summed E-state index contributed by atoms with van der Waals surface area (Å²) in [5, 5.41) is 20.5. The molecule has 2 fully saturated rings. The second kappa shape index (κ2) is 12.3. The van der Waals surface area contributed by atoms with Crippen LogP contribution in [-0.2, 0) is 9.59 Å². The molecule has 2 rings (SSSR count). The Labute approximate surface area is 158 Å². The van der Waals surface area contributed by atoms with Gasteiger partial charge in [0, 0.05) is 6.04 Å². The maximum Gasteiger partial charge on any atom is 0.320 e. The second-order valence-electron chi connectivity index (χ2n) is 7.89. The first-order valence-electron chi connectivity index (χ1n) is 10.2. The normalized spacial score (nSPS) is 21.5. The summed E-state index contributed by atoms with van der Waals surface area (Å²) in [4.78, 5) is 23.5. The standard InChI is InChI=1S/2C10H19NO2/c1-8(10(12)13)11(2)9-6-4-3-5-7-9;1-11-9(10(12)13)7-8-5-3-2-4-6-8/h8-9H,3-7H2,1-2H3,(H,12,13);8-9,11H,2-7H2,1H3,(H,12,13)/t8-;9-/m00/s1. The van der Waals surface area contributed by atoms with Gasteiger partial charge in [-0.15, -0.1) is 0 Å². The molecule has 0 radical (unpaired) electrons. The van der Waals surface area contributed by atoms with Crippen LogP contribution in [0.15, 0.2) is 0 Å². The molecule has 0 spiro atoms. The molecule has 0 aromatic rings. The first kappa shape index (κ1) is 22.9. The molecule has 0 amide bonds. The fraction of sp³-hybridized carbons (Fsp3) is 0.900. The first-order valence-corrected chi connectivity index (χ1v) is 10.2. The lowest BCUT2D eigenvalue weighted by atomic mass is 9.85. The van der Waals surface area contributed by atoms with Crippen molar-refractivity contribution in [1.82, 2.24) is 10.2 Å². The minimum atomic E-state index is -0.715. The minimum Gasteiger partial charge on any atom is -0.480 e. The summed E-state index contributed by atoms with van der Waals surface area (Å²) in [6.45, 7) is 1.76. The number of carboxylic acid groups (broad SMARTS) is 2. The number of nitrogens with one attached hydrogen (secondary N) is 1. The lowest BCUT2D eigenvalue weighted by Gasteiger charge is -2.33. The molecule has 0 unspecified atom stereocenters. The van der Waals surface area contributed by atoms with E-state index >= 15 is 0 Å². The maximum absolute atomic E-state index is 10.7. The molecule has 0 aromatic heterocycles. The number of rotatable bonds is 7. The van der Waals surface area contributed by atoms with E-state index in [9.17, 15) is 9.59 Å². The van der Waals surface area contributed by atoms with Gasteiger partial charge in [-0.3, -0.25) is 14.5 Å². The summed E-state index contributed by atoms with van der Waals surface area (Å²) in [6.07, 6.45) is 13.2. The van der Waals surface area contributed by atoms with E-state index in [0.29, 0.717) is 12.0 Å². The third-order valence-electron chi connectivity index (χ3n) is 6.06. The highest BCUT2D eigenvalue weighted by Gasteiger charge is 2.25. The van der Waals surface area contributed by atoms with E-state index < -0.39 is 11.9 Å². The molecule has 0 aromatic carbocycles. The molecule has 0 bridgehead atoms. The molecule has 2 aliphatic rings. The van der Waals surface area contributed by atoms with Crippen molar-refractivity contribution in [3.8, 4) is 0 Å². The summed E-state index contributed by atoms with van der Waals surface area (Å²) in [6, 6.07) is -0.203. The van der Waals surface area contributed by atoms with Crippen LogP contribution in [0.1, 0.15) is 77.6 Å². The smallest absolute Gasteiger partial charge is 0.320 e. The SMILES string of the molecule is CN[C@@H](CC1CCCCC1)C(=O)O.C[C@@H](C(=O)O)N(C)C1CCCCC1. The molecule has 2 aliphatic carbocycles. The van der Waals surface area contributed by atoms with E-state index in [1.165, 1.54) is 51.4 Å². The molecule has 0 heterocycles. The Balaban J connectivity index is 0.000000260. The topological polar surface area (TPSA) is 89.9 Å². The van der Waals surface area contributed by atoms with Crippen molar-refractivity contribution < 1.29 is 19.8 Å². The zero-order valence-corrected chi connectivity index (χ0v) is 16.7. The van der Waals surface area contributed by atoms with Gasteiger partial charge < -0.3 is 15.5 Å². The number of hydrogen-bond acceptors (Lipinski definition) is 4. The van der Waals surface area contributed by atoms with Gasteiger partial charge in [-0.2, -0.15) is 0 Å². The van der Waals surface area contributed by atoms with E-state index in [-0.39, 0.29) is 12.1 Å². The predicted octanol–water partition coefficient (Wildman–Crippen LogP) is 3.35. The van der Waals surface area contributed by atoms with Gasteiger partial charge in [0.1, 0.15) is 12.1 Å². The van der Waals surface area contributed by atoms with Crippen LogP contribution in [0.5, 0.6) is 0 Å². The van der Waals surface area contributed by atoms with E-state index in [1.807, 2.05) is 11.9 Å². The average molecular weight is 371 g/mol. The summed E-state index contributed by atoms with van der Waals surface area (Å²) in [7, 11) is 3.65. The number of aliphatic carboxylic acids is 2. The second-order valence-corrected chi connectivity index (χ2v) is 7.89. The molecule has 2 atom stereocenters. The lowest BCUT2D eigenvalue weighted by Crippen LogP contribution is -2.43. The number of carbonyl (C=O) groups is 2. The van der Waals surface area contributed by atoms with E-state index in [2.05, 4.69) is 5.32 Å². The predicted molar refractivity (Wildman–Crippen MR) is 103 cm³/mol. The van der Waals surface area contributed by atoms with Crippen molar-refractivity contribution in [2.45, 2.75) is 95.7 Å². The van der Waals surface area contributed by atoms with Crippen LogP contribution in [0.2, 0.25) is 0 Å². The fourth-order valence-corrected chi connectivity index (χ4v) is 4.08. The highest BCUT2D eigenvalue weighted by molar-refractivity contribution is 5.73. The Morgan fingerprint density at radius 2 is 1.46 bits per heavy atom. The summed E-state index contributed by atoms with van der Waals surface area (Å²) in [5.41, 5.74) is 0. The number of nitrogens with zero attached hydrogens (tertiary/aromatic N) is 1. The van der Waals surface area contributed by atoms with Gasteiger partial charge in [0.15, 0.2) is 0 Å². The van der Waals surface area contributed by atoms with Crippen LogP contribution in [0, 0.1) is 5.92 Å². The largest absolute Gasteiger partial charge is 0.480 e. The monoisotopic (exact) mass is 370 g/mol. The van der Waals surface area contributed by atoms with E-state index in [0.717, 1.165) is 19.3 Å². The highest BCUT2D eigenvalue weighted by atomic mass is 16.4. The number of hydrogen-bond donors (Lipinski definition) is 3. The van der Waals surface area contributed by atoms with Crippen LogP contribution in [0.3, 0.4) is 0 Å². The molecule has 26 heavy (non-hydrogen) atoms. The third-order valence-corrected chi connectivity index (χ3v) is 6.06. The average Bonchev–Trinajstić information content (AvgIpc) is 2.66. The van der Waals surface area contributed by atoms with Crippen LogP contribution >= 0.6 is 0 Å². The Bertz CT molecular complexity index is 406. The minimum absolute atomic E-state index is 0.344. The van der Waals surface area contributed by atoms with Gasteiger partial charge in [0.05, 0.1) is 0 Å². The fourth-order valence-electron chi connectivity index (χ4n) is 4.08. The van der Waals surface area contributed by atoms with Crippen molar-refractivity contribution in [2.24, 2.45) is 5.92 Å². The van der Waals surface area contributed by atoms with Crippen molar-refractivity contribution in [3.05, 3.63) is 0 Å². The molecule has 3 N–H and O–H groups in total. The van der Waals surface area contributed by atoms with Crippen LogP contribution in [0.25, 0.3) is 0 Å². The Morgan fingerprint density at radius 1 is 0.962 bits per heavy atom. The molecule has 6 heteroatoms. The van der Waals surface area contributed by atoms with Crippen molar-refractivity contribution >= 4 is 11.9 Å². The summed E-state index contributed by atoms with van der Waals surface area (Å²) < 4.78 is 0. The molecule has 2 saturated carbocycles. The number of carboxylic acids is 2. The van der Waals surface area contributed by atoms with Gasteiger partial charge in [-0.1, -0.05) is 51.4 Å². The van der Waals surface area contributed by atoms with E-state index in [4.69, 9.17) is 10.2 Å². The van der Waals surface area contributed by atoms with Crippen molar-refractivity contribution in [3.63, 3.8) is 0 Å². The number of likely N-dealkylation sites (N-methyl/N-ethyl adjacent to an activating group) is 2. The van der Waals surface area contributed by atoms with Crippen molar-refractivity contribution in [1.29, 1.82) is 0 Å². The quantitative estimate of drug-likeness (QED) is 0.637. The molecule has 6 nitrogen and oxygen atoms in total. The van der Waals surface area contributed by atoms with Gasteiger partial charge in [0.2, 0.25) is 0 Å². The van der Waals surface area contributed by atoms with Gasteiger partial charge in [-0.25, -0.2) is 0 Å². The summed E-state index contributed by atoms with van der Waals surface area (Å²) >= 11 is 0. The first-order chi connectivity index (χ1) is 12.4. The van der Waals surface area contributed by atoms with E-state index in [1.54, 1.807) is 14.0 Å². The molecular weight excluding hydrogens is 332 g/mol. The van der Waals surface area contributed by atoms with Gasteiger partial charge in [-0.05, 0) is 46.2 Å². The molecule has 152 valence electrons. The zero-order chi connectivity index (χ0) is 19.5. The lowest BCUT2D eigenvalue weighted by molar-refractivity contribution is -0.143. The zero-order valence-electron chi connectivity index (χ0n) is 16.7. The molecular formula is C20H38N2O4. The molecule has 0 saturated heterocycles. The Morgan fingerprint density at radius 3 is 1.88 bits per heavy atom. The highest BCUT2D eigenvalue weighted by Crippen LogP contribution is 2.27. The van der Waals surface area contributed by atoms with Crippen LogP contribution < -0.4 is 5.32 Å². The van der Waals surface area contributed by atoms with Crippen LogP contribution in [0.4, 0.5) is 0 Å². The Hall–Kier alpha value is -1.14. The third kappa shape index (κ3) is 8.04.